The summed E-state index contributed by atoms with van der Waals surface area (Å²) in [5.74, 6) is 0. The Morgan fingerprint density at radius 1 is 1.17 bits per heavy atom. The maximum atomic E-state index is 10.4. The summed E-state index contributed by atoms with van der Waals surface area (Å²) >= 11 is 1.75. The van der Waals surface area contributed by atoms with Gasteiger partial charge in [0.1, 0.15) is 0 Å². The third kappa shape index (κ3) is 4.38. The zero-order chi connectivity index (χ0) is 20.2. The lowest BCUT2D eigenvalue weighted by molar-refractivity contribution is -0.109. The van der Waals surface area contributed by atoms with Gasteiger partial charge in [0.25, 0.3) is 0 Å². The van der Waals surface area contributed by atoms with Gasteiger partial charge in [0.2, 0.25) is 6.41 Å². The van der Waals surface area contributed by atoms with Gasteiger partial charge in [-0.2, -0.15) is 0 Å². The van der Waals surface area contributed by atoms with Gasteiger partial charge in [-0.15, -0.1) is 11.3 Å². The van der Waals surface area contributed by atoms with Crippen LogP contribution >= 0.6 is 11.3 Å². The van der Waals surface area contributed by atoms with Gasteiger partial charge < -0.3 is 10.2 Å². The molecule has 3 aromatic rings. The Morgan fingerprint density at radius 2 is 1.93 bits per heavy atom. The van der Waals surface area contributed by atoms with Crippen molar-refractivity contribution in [2.75, 3.05) is 37.6 Å². The lowest BCUT2D eigenvalue weighted by Gasteiger charge is -2.38. The maximum Gasteiger partial charge on any atom is 0.207 e. The van der Waals surface area contributed by atoms with E-state index >= 15 is 0 Å². The van der Waals surface area contributed by atoms with Gasteiger partial charge >= 0.3 is 0 Å². The molecule has 1 unspecified atom stereocenters. The minimum Gasteiger partial charge on any atom is -0.358 e. The smallest absolute Gasteiger partial charge is 0.207 e. The average Bonchev–Trinajstić information content (AvgIpc) is 3.13. The number of hydrogen-bond acceptors (Lipinski definition) is 7. The number of anilines is 1. The number of thiazole rings is 1. The van der Waals surface area contributed by atoms with E-state index < -0.39 is 0 Å². The van der Waals surface area contributed by atoms with Crippen LogP contribution in [-0.2, 0) is 11.2 Å². The second kappa shape index (κ2) is 8.84. The molecule has 2 aromatic heterocycles. The van der Waals surface area contributed by atoms with Crippen LogP contribution in [0.3, 0.4) is 0 Å². The molecule has 0 radical (unpaired) electrons. The molecule has 1 aliphatic rings. The number of aromatic nitrogens is 3. The van der Waals surface area contributed by atoms with Crippen LogP contribution in [-0.4, -0.2) is 59.0 Å². The molecule has 1 fully saturated rings. The summed E-state index contributed by atoms with van der Waals surface area (Å²) in [4.78, 5) is 30.2. The molecule has 4 rings (SSSR count). The number of carbonyl (C=O) groups excluding carboxylic acids is 1. The Labute approximate surface area is 174 Å². The van der Waals surface area contributed by atoms with E-state index in [4.69, 9.17) is 4.98 Å². The summed E-state index contributed by atoms with van der Waals surface area (Å²) in [5, 5.41) is 3.81. The predicted octanol–water partition coefficient (Wildman–Crippen LogP) is 2.57. The van der Waals surface area contributed by atoms with Gasteiger partial charge in [0, 0.05) is 62.5 Å². The molecule has 8 heteroatoms. The molecule has 1 saturated heterocycles. The maximum absolute atomic E-state index is 10.4. The highest BCUT2D eigenvalue weighted by molar-refractivity contribution is 7.15. The molecule has 0 spiro atoms. The first-order chi connectivity index (χ1) is 14.2. The van der Waals surface area contributed by atoms with Crippen LogP contribution < -0.4 is 10.2 Å². The Kier molecular flexibility index (Phi) is 6.01. The number of aryl methyl sites for hydroxylation is 1. The Balaban J connectivity index is 1.38. The van der Waals surface area contributed by atoms with Crippen LogP contribution in [0.4, 0.5) is 5.13 Å². The molecule has 7 nitrogen and oxygen atoms in total. The monoisotopic (exact) mass is 410 g/mol. The van der Waals surface area contributed by atoms with Gasteiger partial charge in [-0.3, -0.25) is 19.7 Å². The molecule has 1 N–H and O–H groups in total. The van der Waals surface area contributed by atoms with Crippen molar-refractivity contribution in [2.24, 2.45) is 0 Å². The first-order valence-electron chi connectivity index (χ1n) is 9.98. The topological polar surface area (TPSA) is 74.2 Å². The van der Waals surface area contributed by atoms with E-state index in [9.17, 15) is 4.79 Å². The number of hydrogen-bond donors (Lipinski definition) is 1. The summed E-state index contributed by atoms with van der Waals surface area (Å²) in [7, 11) is 0. The molecule has 0 saturated carbocycles. The fourth-order valence-electron chi connectivity index (χ4n) is 3.78. The number of fused-ring (bicyclic) bond motifs is 1. The number of carbonyl (C=O) groups is 1. The zero-order valence-electron chi connectivity index (χ0n) is 16.8. The number of piperazine rings is 1. The highest BCUT2D eigenvalue weighted by Crippen LogP contribution is 2.29. The van der Waals surface area contributed by atoms with E-state index in [0.29, 0.717) is 12.6 Å². The van der Waals surface area contributed by atoms with E-state index in [0.717, 1.165) is 60.9 Å². The molecule has 0 aliphatic carbocycles. The Hall–Kier alpha value is -2.58. The van der Waals surface area contributed by atoms with Crippen LogP contribution in [0.5, 0.6) is 0 Å². The average molecular weight is 411 g/mol. The normalized spacial score (nSPS) is 16.1. The summed E-state index contributed by atoms with van der Waals surface area (Å²) < 4.78 is 0. The minimum atomic E-state index is 0.339. The summed E-state index contributed by atoms with van der Waals surface area (Å²) in [6.45, 7) is 8.94. The number of nitrogens with one attached hydrogen (secondary N) is 1. The van der Waals surface area contributed by atoms with Crippen LogP contribution in [0.15, 0.2) is 30.6 Å². The van der Waals surface area contributed by atoms with Crippen LogP contribution in [0.25, 0.3) is 11.0 Å². The number of rotatable bonds is 7. The van der Waals surface area contributed by atoms with E-state index in [1.807, 2.05) is 0 Å². The van der Waals surface area contributed by atoms with Crippen molar-refractivity contribution in [3.05, 3.63) is 46.7 Å². The predicted molar refractivity (Wildman–Crippen MR) is 116 cm³/mol. The third-order valence-electron chi connectivity index (χ3n) is 5.58. The molecule has 3 heterocycles. The lowest BCUT2D eigenvalue weighted by Crippen LogP contribution is -2.47. The van der Waals surface area contributed by atoms with Crippen LogP contribution in [0.1, 0.15) is 29.1 Å². The second-order valence-corrected chi connectivity index (χ2v) is 8.51. The first kappa shape index (κ1) is 19.7. The summed E-state index contributed by atoms with van der Waals surface area (Å²) in [6, 6.07) is 6.72. The highest BCUT2D eigenvalue weighted by atomic mass is 32.1. The molecule has 152 valence electrons. The van der Waals surface area contributed by atoms with E-state index in [1.165, 1.54) is 10.4 Å². The zero-order valence-corrected chi connectivity index (χ0v) is 17.7. The SMILES string of the molecule is Cc1sc(N2CCN(C(C)c3ccc4nccnc4c3)CC2)nc1CCNC=O. The largest absolute Gasteiger partial charge is 0.358 e. The number of nitrogens with zero attached hydrogens (tertiary/aromatic N) is 5. The second-order valence-electron chi connectivity index (χ2n) is 7.32. The van der Waals surface area contributed by atoms with Crippen molar-refractivity contribution in [2.45, 2.75) is 26.3 Å². The quantitative estimate of drug-likeness (QED) is 0.477. The van der Waals surface area contributed by atoms with Gasteiger partial charge in [0.15, 0.2) is 5.13 Å². The molecule has 1 aliphatic heterocycles. The van der Waals surface area contributed by atoms with Crippen molar-refractivity contribution < 1.29 is 4.79 Å². The Morgan fingerprint density at radius 3 is 2.69 bits per heavy atom. The van der Waals surface area contributed by atoms with Crippen LogP contribution in [0.2, 0.25) is 0 Å². The van der Waals surface area contributed by atoms with Gasteiger partial charge in [0.05, 0.1) is 16.7 Å². The van der Waals surface area contributed by atoms with Crippen molar-refractivity contribution >= 4 is 33.9 Å². The summed E-state index contributed by atoms with van der Waals surface area (Å²) in [6.07, 6.45) is 5.00. The van der Waals surface area contributed by atoms with E-state index in [2.05, 4.69) is 57.1 Å². The van der Waals surface area contributed by atoms with Crippen molar-refractivity contribution in [1.29, 1.82) is 0 Å². The van der Waals surface area contributed by atoms with Crippen LogP contribution in [0, 0.1) is 6.92 Å². The minimum absolute atomic E-state index is 0.339. The molecular weight excluding hydrogens is 384 g/mol. The molecular formula is C21H26N6OS. The molecule has 29 heavy (non-hydrogen) atoms. The highest BCUT2D eigenvalue weighted by Gasteiger charge is 2.24. The Bertz CT molecular complexity index is 982. The fraction of sp³-hybridized carbons (Fsp3) is 0.429. The molecule has 1 aromatic carbocycles. The summed E-state index contributed by atoms with van der Waals surface area (Å²) in [5.41, 5.74) is 4.26. The molecule has 1 atom stereocenters. The molecule has 0 bridgehead atoms. The van der Waals surface area contributed by atoms with Crippen molar-refractivity contribution in [3.63, 3.8) is 0 Å². The molecule has 1 amide bonds. The van der Waals surface area contributed by atoms with Gasteiger partial charge in [-0.1, -0.05) is 6.07 Å². The van der Waals surface area contributed by atoms with Gasteiger partial charge in [-0.25, -0.2) is 4.98 Å². The van der Waals surface area contributed by atoms with Crippen molar-refractivity contribution in [1.82, 2.24) is 25.2 Å². The van der Waals surface area contributed by atoms with E-state index in [-0.39, 0.29) is 0 Å². The fourth-order valence-corrected chi connectivity index (χ4v) is 4.79. The van der Waals surface area contributed by atoms with E-state index in [1.54, 1.807) is 23.7 Å². The van der Waals surface area contributed by atoms with Crippen molar-refractivity contribution in [3.8, 4) is 0 Å². The number of benzene rings is 1. The first-order valence-corrected chi connectivity index (χ1v) is 10.8. The van der Waals surface area contributed by atoms with Gasteiger partial charge in [-0.05, 0) is 31.5 Å². The lowest BCUT2D eigenvalue weighted by atomic mass is 10.1. The number of amides is 1. The third-order valence-corrected chi connectivity index (χ3v) is 6.65. The standard InChI is InChI=1S/C21H26N6OS/c1-15(17-3-4-19-20(13-17)24-8-7-23-19)26-9-11-27(12-10-26)21-25-18(16(2)29-21)5-6-22-14-28/h3-4,7-8,13-15H,5-6,9-12H2,1-2H3,(H,22,28).